The van der Waals surface area contributed by atoms with E-state index in [1.807, 2.05) is 0 Å². The smallest absolute Gasteiger partial charge is 0.122 e. The molecule has 2 aromatic carbocycles. The molecule has 1 fully saturated rings. The van der Waals surface area contributed by atoms with Crippen molar-refractivity contribution in [3.05, 3.63) is 65.2 Å². The molecule has 2 aromatic rings. The van der Waals surface area contributed by atoms with Crippen molar-refractivity contribution in [2.45, 2.75) is 37.8 Å². The predicted molar refractivity (Wildman–Crippen MR) is 105 cm³/mol. The van der Waals surface area contributed by atoms with Gasteiger partial charge in [-0.15, -0.1) is 0 Å². The highest BCUT2D eigenvalue weighted by molar-refractivity contribution is 5.36. The van der Waals surface area contributed by atoms with Crippen LogP contribution in [0.2, 0.25) is 0 Å². The van der Waals surface area contributed by atoms with Gasteiger partial charge in [-0.1, -0.05) is 42.5 Å². The van der Waals surface area contributed by atoms with E-state index in [-0.39, 0.29) is 0 Å². The molecule has 0 amide bonds. The van der Waals surface area contributed by atoms with Crippen LogP contribution in [0.25, 0.3) is 0 Å². The minimum absolute atomic E-state index is 0.533. The van der Waals surface area contributed by atoms with Crippen molar-refractivity contribution in [3.8, 4) is 5.75 Å². The Labute approximate surface area is 156 Å². The fourth-order valence-corrected chi connectivity index (χ4v) is 5.03. The van der Waals surface area contributed by atoms with Crippen LogP contribution in [-0.4, -0.2) is 54.7 Å². The number of para-hydroxylation sites is 1. The lowest BCUT2D eigenvalue weighted by molar-refractivity contribution is 0.119. The highest BCUT2D eigenvalue weighted by Gasteiger charge is 2.31. The molecule has 3 nitrogen and oxygen atoms in total. The lowest BCUT2D eigenvalue weighted by Crippen LogP contribution is -2.45. The summed E-state index contributed by atoms with van der Waals surface area (Å²) in [5, 5.41) is 0. The molecular formula is C23H28N2O. The first-order valence-electron chi connectivity index (χ1n) is 10.1. The summed E-state index contributed by atoms with van der Waals surface area (Å²) in [5.74, 6) is 1.09. The van der Waals surface area contributed by atoms with Crippen LogP contribution < -0.4 is 4.74 Å². The molecule has 2 aliphatic heterocycles. The van der Waals surface area contributed by atoms with Crippen molar-refractivity contribution in [2.24, 2.45) is 0 Å². The van der Waals surface area contributed by atoms with Gasteiger partial charge in [0.15, 0.2) is 0 Å². The van der Waals surface area contributed by atoms with Gasteiger partial charge in [0.1, 0.15) is 12.4 Å². The Kier molecular flexibility index (Phi) is 4.43. The molecule has 1 atom stereocenters. The number of ether oxygens (including phenoxy) is 1. The van der Waals surface area contributed by atoms with Gasteiger partial charge in [-0.2, -0.15) is 0 Å². The average Bonchev–Trinajstić information content (AvgIpc) is 2.97. The molecule has 1 unspecified atom stereocenters. The van der Waals surface area contributed by atoms with Crippen LogP contribution in [0.4, 0.5) is 0 Å². The van der Waals surface area contributed by atoms with Gasteiger partial charge >= 0.3 is 0 Å². The summed E-state index contributed by atoms with van der Waals surface area (Å²) in [6.07, 6.45) is 4.86. The first kappa shape index (κ1) is 16.3. The van der Waals surface area contributed by atoms with E-state index in [9.17, 15) is 0 Å². The highest BCUT2D eigenvalue weighted by atomic mass is 16.5. The van der Waals surface area contributed by atoms with Crippen LogP contribution in [0.3, 0.4) is 0 Å². The Hall–Kier alpha value is -1.84. The first-order chi connectivity index (χ1) is 12.9. The van der Waals surface area contributed by atoms with Crippen molar-refractivity contribution < 1.29 is 4.74 Å². The fraction of sp³-hybridized carbons (Fsp3) is 0.478. The summed E-state index contributed by atoms with van der Waals surface area (Å²) in [7, 11) is 0. The van der Waals surface area contributed by atoms with Gasteiger partial charge in [0.25, 0.3) is 0 Å². The summed E-state index contributed by atoms with van der Waals surface area (Å²) < 4.78 is 6.04. The number of nitrogens with zero attached hydrogens (tertiary/aromatic N) is 2. The third-order valence-electron chi connectivity index (χ3n) is 6.49. The van der Waals surface area contributed by atoms with Gasteiger partial charge in [-0.3, -0.25) is 9.80 Å². The third-order valence-corrected chi connectivity index (χ3v) is 6.49. The molecule has 136 valence electrons. The summed E-state index contributed by atoms with van der Waals surface area (Å²) in [6.45, 7) is 5.64. The van der Waals surface area contributed by atoms with Crippen LogP contribution in [0.5, 0.6) is 5.75 Å². The second-order valence-electron chi connectivity index (χ2n) is 8.03. The Morgan fingerprint density at radius 2 is 1.23 bits per heavy atom. The molecule has 5 rings (SSSR count). The van der Waals surface area contributed by atoms with E-state index >= 15 is 0 Å². The molecule has 0 aromatic heterocycles. The van der Waals surface area contributed by atoms with Crippen LogP contribution in [0.1, 0.15) is 23.1 Å². The van der Waals surface area contributed by atoms with Gasteiger partial charge in [0.2, 0.25) is 0 Å². The second kappa shape index (κ2) is 7.05. The molecule has 0 N–H and O–H groups in total. The Bertz CT molecular complexity index is 749. The minimum Gasteiger partial charge on any atom is -0.492 e. The van der Waals surface area contributed by atoms with E-state index < -0.39 is 0 Å². The normalized spacial score (nSPS) is 24.5. The molecule has 3 heteroatoms. The molecule has 3 aliphatic rings. The highest BCUT2D eigenvalue weighted by Crippen LogP contribution is 2.28. The number of fused-ring (bicyclic) bond motifs is 2. The monoisotopic (exact) mass is 348 g/mol. The van der Waals surface area contributed by atoms with Crippen LogP contribution in [0.15, 0.2) is 48.5 Å². The van der Waals surface area contributed by atoms with Crippen molar-refractivity contribution in [1.29, 1.82) is 0 Å². The van der Waals surface area contributed by atoms with E-state index in [1.54, 1.807) is 11.1 Å². The van der Waals surface area contributed by atoms with Gasteiger partial charge < -0.3 is 4.74 Å². The molecule has 2 heterocycles. The lowest BCUT2D eigenvalue weighted by atomic mass is 10.0. The lowest BCUT2D eigenvalue weighted by Gasteiger charge is -2.34. The maximum absolute atomic E-state index is 6.04. The fourth-order valence-electron chi connectivity index (χ4n) is 5.03. The van der Waals surface area contributed by atoms with E-state index in [2.05, 4.69) is 58.3 Å². The molecule has 1 aliphatic carbocycles. The first-order valence-corrected chi connectivity index (χ1v) is 10.1. The molecule has 0 radical (unpaired) electrons. The van der Waals surface area contributed by atoms with Gasteiger partial charge in [-0.25, -0.2) is 0 Å². The molecule has 0 saturated carbocycles. The van der Waals surface area contributed by atoms with Gasteiger partial charge in [0.05, 0.1) is 0 Å². The van der Waals surface area contributed by atoms with Crippen LogP contribution >= 0.6 is 0 Å². The molecule has 0 bridgehead atoms. The topological polar surface area (TPSA) is 15.7 Å². The Balaban J connectivity index is 1.22. The van der Waals surface area contributed by atoms with Crippen molar-refractivity contribution in [1.82, 2.24) is 9.80 Å². The van der Waals surface area contributed by atoms with Crippen LogP contribution in [0, 0.1) is 0 Å². The molecule has 26 heavy (non-hydrogen) atoms. The number of rotatable bonds is 2. The molecule has 1 saturated heterocycles. The number of hydrogen-bond donors (Lipinski definition) is 0. The summed E-state index contributed by atoms with van der Waals surface area (Å²) in [5.41, 5.74) is 4.50. The predicted octanol–water partition coefficient (Wildman–Crippen LogP) is 3.17. The summed E-state index contributed by atoms with van der Waals surface area (Å²) in [6, 6.07) is 18.8. The average molecular weight is 348 g/mol. The van der Waals surface area contributed by atoms with Crippen molar-refractivity contribution in [2.75, 3.05) is 32.8 Å². The minimum atomic E-state index is 0.533. The standard InChI is InChI=1S/C23H28N2O/c1-2-7-19-15-21(14-18(19)6-1)24-10-5-11-25(13-12-24)22-16-20-8-3-4-9-23(20)26-17-22/h1-4,6-9,21-22H,5,10-17H2. The molecule has 0 spiro atoms. The Morgan fingerprint density at radius 3 is 1.96 bits per heavy atom. The zero-order valence-corrected chi connectivity index (χ0v) is 15.4. The zero-order chi connectivity index (χ0) is 17.3. The van der Waals surface area contributed by atoms with Gasteiger partial charge in [0, 0.05) is 25.2 Å². The maximum Gasteiger partial charge on any atom is 0.122 e. The Morgan fingerprint density at radius 1 is 0.654 bits per heavy atom. The summed E-state index contributed by atoms with van der Waals surface area (Å²) >= 11 is 0. The van der Waals surface area contributed by atoms with Crippen molar-refractivity contribution >= 4 is 0 Å². The number of hydrogen-bond acceptors (Lipinski definition) is 3. The number of benzene rings is 2. The largest absolute Gasteiger partial charge is 0.492 e. The van der Waals surface area contributed by atoms with E-state index in [4.69, 9.17) is 4.74 Å². The second-order valence-corrected chi connectivity index (χ2v) is 8.03. The van der Waals surface area contributed by atoms with E-state index in [0.29, 0.717) is 12.1 Å². The van der Waals surface area contributed by atoms with Crippen LogP contribution in [-0.2, 0) is 19.3 Å². The SMILES string of the molecule is c1ccc2c(c1)CC(N1CCCN(C3COc4ccccc4C3)CC1)C2. The van der Waals surface area contributed by atoms with Gasteiger partial charge in [-0.05, 0) is 61.5 Å². The molecular weight excluding hydrogens is 320 g/mol. The quantitative estimate of drug-likeness (QED) is 0.829. The third kappa shape index (κ3) is 3.15. The van der Waals surface area contributed by atoms with E-state index in [0.717, 1.165) is 18.8 Å². The van der Waals surface area contributed by atoms with Crippen molar-refractivity contribution in [3.63, 3.8) is 0 Å². The zero-order valence-electron chi connectivity index (χ0n) is 15.4. The summed E-state index contributed by atoms with van der Waals surface area (Å²) in [4.78, 5) is 5.43. The van der Waals surface area contributed by atoms with E-state index in [1.165, 1.54) is 51.0 Å². The maximum atomic E-state index is 6.04.